The number of amides is 2. The lowest BCUT2D eigenvalue weighted by Crippen LogP contribution is -2.47. The zero-order chi connectivity index (χ0) is 15.3. The SMILES string of the molecule is CC(C)N(CC(=O)O)C(=O)N(C)c1ccc(C#N)cc1. The van der Waals surface area contributed by atoms with E-state index in [1.54, 1.807) is 45.2 Å². The molecule has 1 N–H and O–H groups in total. The Hall–Kier alpha value is -2.55. The molecule has 6 heteroatoms. The Bertz CT molecular complexity index is 532. The average Bonchev–Trinajstić information content (AvgIpc) is 2.43. The molecule has 0 radical (unpaired) electrons. The number of urea groups is 1. The van der Waals surface area contributed by atoms with Crippen LogP contribution in [0.1, 0.15) is 19.4 Å². The van der Waals surface area contributed by atoms with Gasteiger partial charge in [-0.05, 0) is 38.1 Å². The summed E-state index contributed by atoms with van der Waals surface area (Å²) in [5.41, 5.74) is 1.10. The summed E-state index contributed by atoms with van der Waals surface area (Å²) in [5, 5.41) is 17.6. The Balaban J connectivity index is 2.92. The highest BCUT2D eigenvalue weighted by atomic mass is 16.4. The zero-order valence-electron chi connectivity index (χ0n) is 11.7. The van der Waals surface area contributed by atoms with Crippen LogP contribution in [0.3, 0.4) is 0 Å². The van der Waals surface area contributed by atoms with Crippen molar-refractivity contribution in [3.63, 3.8) is 0 Å². The van der Waals surface area contributed by atoms with Gasteiger partial charge in [0.15, 0.2) is 0 Å². The molecule has 2 amide bonds. The molecule has 0 aliphatic rings. The first kappa shape index (κ1) is 15.5. The van der Waals surface area contributed by atoms with Crippen molar-refractivity contribution < 1.29 is 14.7 Å². The van der Waals surface area contributed by atoms with E-state index in [9.17, 15) is 9.59 Å². The highest BCUT2D eigenvalue weighted by Crippen LogP contribution is 2.16. The minimum Gasteiger partial charge on any atom is -0.480 e. The zero-order valence-corrected chi connectivity index (χ0v) is 11.7. The maximum atomic E-state index is 12.3. The molecule has 0 atom stereocenters. The second-order valence-corrected chi connectivity index (χ2v) is 4.62. The van der Waals surface area contributed by atoms with Crippen molar-refractivity contribution in [1.29, 1.82) is 5.26 Å². The van der Waals surface area contributed by atoms with Crippen molar-refractivity contribution in [2.24, 2.45) is 0 Å². The van der Waals surface area contributed by atoms with E-state index in [-0.39, 0.29) is 12.6 Å². The maximum Gasteiger partial charge on any atom is 0.324 e. The smallest absolute Gasteiger partial charge is 0.324 e. The molecule has 0 bridgehead atoms. The lowest BCUT2D eigenvalue weighted by atomic mass is 10.2. The van der Waals surface area contributed by atoms with Crippen molar-refractivity contribution in [2.75, 3.05) is 18.5 Å². The third kappa shape index (κ3) is 3.72. The van der Waals surface area contributed by atoms with Gasteiger partial charge in [0.1, 0.15) is 6.54 Å². The fourth-order valence-corrected chi connectivity index (χ4v) is 1.68. The number of carboxylic acid groups (broad SMARTS) is 1. The number of anilines is 1. The predicted octanol–water partition coefficient (Wildman–Crippen LogP) is 1.91. The fraction of sp³-hybridized carbons (Fsp3) is 0.357. The number of hydrogen-bond donors (Lipinski definition) is 1. The Kier molecular flexibility index (Phi) is 5.09. The van der Waals surface area contributed by atoms with Crippen LogP contribution >= 0.6 is 0 Å². The number of benzene rings is 1. The second kappa shape index (κ2) is 6.57. The van der Waals surface area contributed by atoms with Gasteiger partial charge in [0, 0.05) is 18.8 Å². The maximum absolute atomic E-state index is 12.3. The lowest BCUT2D eigenvalue weighted by molar-refractivity contribution is -0.137. The number of nitrogens with zero attached hydrogens (tertiary/aromatic N) is 3. The highest BCUT2D eigenvalue weighted by molar-refractivity contribution is 5.93. The van der Waals surface area contributed by atoms with E-state index < -0.39 is 12.0 Å². The predicted molar refractivity (Wildman–Crippen MR) is 74.4 cm³/mol. The van der Waals surface area contributed by atoms with Crippen molar-refractivity contribution in [1.82, 2.24) is 4.90 Å². The van der Waals surface area contributed by atoms with Crippen molar-refractivity contribution in [2.45, 2.75) is 19.9 Å². The first-order chi connectivity index (χ1) is 9.36. The number of carboxylic acids is 1. The molecule has 1 aromatic rings. The van der Waals surface area contributed by atoms with Gasteiger partial charge in [0.2, 0.25) is 0 Å². The van der Waals surface area contributed by atoms with E-state index >= 15 is 0 Å². The first-order valence-corrected chi connectivity index (χ1v) is 6.13. The van der Waals surface area contributed by atoms with E-state index in [0.717, 1.165) is 0 Å². The number of hydrogen-bond acceptors (Lipinski definition) is 3. The van der Waals surface area contributed by atoms with Gasteiger partial charge in [0.05, 0.1) is 11.6 Å². The Morgan fingerprint density at radius 2 is 1.85 bits per heavy atom. The number of nitriles is 1. The molecular formula is C14H17N3O3. The molecule has 0 fully saturated rings. The van der Waals surface area contributed by atoms with Gasteiger partial charge in [-0.1, -0.05) is 0 Å². The van der Waals surface area contributed by atoms with Gasteiger partial charge in [-0.3, -0.25) is 9.69 Å². The van der Waals surface area contributed by atoms with Gasteiger partial charge in [-0.15, -0.1) is 0 Å². The summed E-state index contributed by atoms with van der Waals surface area (Å²) in [7, 11) is 1.57. The van der Waals surface area contributed by atoms with Crippen LogP contribution in [0, 0.1) is 11.3 Å². The van der Waals surface area contributed by atoms with Gasteiger partial charge < -0.3 is 10.0 Å². The van der Waals surface area contributed by atoms with E-state index in [4.69, 9.17) is 10.4 Å². The van der Waals surface area contributed by atoms with E-state index in [1.807, 2.05) is 6.07 Å². The van der Waals surface area contributed by atoms with Gasteiger partial charge in [-0.25, -0.2) is 4.79 Å². The molecule has 106 valence electrons. The molecule has 0 aliphatic carbocycles. The molecule has 0 saturated carbocycles. The third-order valence-corrected chi connectivity index (χ3v) is 2.85. The van der Waals surface area contributed by atoms with Gasteiger partial charge in [-0.2, -0.15) is 5.26 Å². The molecular weight excluding hydrogens is 258 g/mol. The summed E-state index contributed by atoms with van der Waals surface area (Å²) < 4.78 is 0. The van der Waals surface area contributed by atoms with E-state index in [2.05, 4.69) is 0 Å². The van der Waals surface area contributed by atoms with Crippen LogP contribution in [-0.4, -0.2) is 41.6 Å². The van der Waals surface area contributed by atoms with Crippen LogP contribution in [0.5, 0.6) is 0 Å². The van der Waals surface area contributed by atoms with Crippen molar-refractivity contribution in [3.05, 3.63) is 29.8 Å². The number of rotatable bonds is 4. The molecule has 1 rings (SSSR count). The topological polar surface area (TPSA) is 84.6 Å². The molecule has 0 aliphatic heterocycles. The monoisotopic (exact) mass is 275 g/mol. The van der Waals surface area contributed by atoms with Crippen LogP contribution in [0.4, 0.5) is 10.5 Å². The summed E-state index contributed by atoms with van der Waals surface area (Å²) in [6.45, 7) is 3.16. The summed E-state index contributed by atoms with van der Waals surface area (Å²) in [6, 6.07) is 7.89. The quantitative estimate of drug-likeness (QED) is 0.909. The molecule has 0 saturated heterocycles. The second-order valence-electron chi connectivity index (χ2n) is 4.62. The van der Waals surface area contributed by atoms with Crippen LogP contribution in [0.15, 0.2) is 24.3 Å². The summed E-state index contributed by atoms with van der Waals surface area (Å²) in [5.74, 6) is -1.06. The third-order valence-electron chi connectivity index (χ3n) is 2.85. The Labute approximate surface area is 117 Å². The minimum absolute atomic E-state index is 0.223. The minimum atomic E-state index is -1.06. The summed E-state index contributed by atoms with van der Waals surface area (Å²) in [4.78, 5) is 25.7. The molecule has 0 spiro atoms. The van der Waals surface area contributed by atoms with E-state index in [1.165, 1.54) is 9.80 Å². The molecule has 0 heterocycles. The largest absolute Gasteiger partial charge is 0.480 e. The highest BCUT2D eigenvalue weighted by Gasteiger charge is 2.23. The first-order valence-electron chi connectivity index (χ1n) is 6.13. The Morgan fingerprint density at radius 3 is 2.25 bits per heavy atom. The van der Waals surface area contributed by atoms with Gasteiger partial charge in [0.25, 0.3) is 0 Å². The molecule has 0 aromatic heterocycles. The average molecular weight is 275 g/mol. The van der Waals surface area contributed by atoms with Crippen LogP contribution < -0.4 is 4.90 Å². The summed E-state index contributed by atoms with van der Waals surface area (Å²) >= 11 is 0. The van der Waals surface area contributed by atoms with Crippen LogP contribution in [-0.2, 0) is 4.79 Å². The van der Waals surface area contributed by atoms with Gasteiger partial charge >= 0.3 is 12.0 Å². The normalized spacial score (nSPS) is 9.95. The standard InChI is InChI=1S/C14H17N3O3/c1-10(2)17(9-13(18)19)14(20)16(3)12-6-4-11(8-15)5-7-12/h4-7,10H,9H2,1-3H3,(H,18,19). The molecule has 1 aromatic carbocycles. The number of carbonyl (C=O) groups is 2. The summed E-state index contributed by atoms with van der Waals surface area (Å²) in [6.07, 6.45) is 0. The van der Waals surface area contributed by atoms with Crippen molar-refractivity contribution >= 4 is 17.7 Å². The number of carbonyl (C=O) groups excluding carboxylic acids is 1. The van der Waals surface area contributed by atoms with E-state index in [0.29, 0.717) is 11.3 Å². The molecule has 20 heavy (non-hydrogen) atoms. The van der Waals surface area contributed by atoms with Crippen LogP contribution in [0.25, 0.3) is 0 Å². The molecule has 0 unspecified atom stereocenters. The molecule has 6 nitrogen and oxygen atoms in total. The van der Waals surface area contributed by atoms with Crippen molar-refractivity contribution in [3.8, 4) is 6.07 Å². The Morgan fingerprint density at radius 1 is 1.30 bits per heavy atom. The van der Waals surface area contributed by atoms with Crippen LogP contribution in [0.2, 0.25) is 0 Å². The lowest BCUT2D eigenvalue weighted by Gasteiger charge is -2.30. The number of aliphatic carboxylic acids is 1. The fourth-order valence-electron chi connectivity index (χ4n) is 1.68.